The summed E-state index contributed by atoms with van der Waals surface area (Å²) in [6, 6.07) is 9.68. The predicted molar refractivity (Wildman–Crippen MR) is 74.5 cm³/mol. The van der Waals surface area contributed by atoms with Crippen molar-refractivity contribution >= 4 is 12.0 Å². The van der Waals surface area contributed by atoms with E-state index in [0.717, 1.165) is 11.1 Å². The van der Waals surface area contributed by atoms with Crippen LogP contribution in [0.25, 0.3) is 0 Å². The quantitative estimate of drug-likeness (QED) is 0.481. The zero-order chi connectivity index (χ0) is 14.7. The fraction of sp³-hybridized carbons (Fsp3) is 0.133. The lowest BCUT2D eigenvalue weighted by molar-refractivity contribution is -0.385. The zero-order valence-electron chi connectivity index (χ0n) is 11.1. The monoisotopic (exact) mass is 271 g/mol. The Kier molecular flexibility index (Phi) is 3.79. The molecule has 2 aromatic carbocycles. The molecule has 0 aliphatic rings. The highest BCUT2D eigenvalue weighted by molar-refractivity contribution is 5.77. The van der Waals surface area contributed by atoms with E-state index in [1.165, 1.54) is 18.2 Å². The molecule has 0 heterocycles. The number of ether oxygens (including phenoxy) is 1. The highest BCUT2D eigenvalue weighted by Crippen LogP contribution is 2.33. The Balaban J connectivity index is 2.42. The van der Waals surface area contributed by atoms with Crippen LogP contribution in [0.1, 0.15) is 21.5 Å². The molecule has 0 spiro atoms. The standard InChI is InChI=1S/C15H13NO4/c1-10-3-5-14(11(2)7-10)20-15-6-4-12(9-17)8-13(15)16(18)19/h3-9H,1-2H3. The van der Waals surface area contributed by atoms with E-state index in [1.807, 2.05) is 26.0 Å². The van der Waals surface area contributed by atoms with Gasteiger partial charge >= 0.3 is 5.69 Å². The SMILES string of the molecule is Cc1ccc(Oc2ccc(C=O)cc2[N+](=O)[O-])c(C)c1. The summed E-state index contributed by atoms with van der Waals surface area (Å²) in [6.07, 6.45) is 0.563. The number of nitro groups is 1. The van der Waals surface area contributed by atoms with Crippen molar-refractivity contribution in [2.45, 2.75) is 13.8 Å². The average Bonchev–Trinajstić information content (AvgIpc) is 2.42. The molecular formula is C15H13NO4. The third-order valence-corrected chi connectivity index (χ3v) is 2.87. The summed E-state index contributed by atoms with van der Waals surface area (Å²) < 4.78 is 5.60. The van der Waals surface area contributed by atoms with Gasteiger partial charge in [-0.25, -0.2) is 0 Å². The van der Waals surface area contributed by atoms with Crippen molar-refractivity contribution in [3.8, 4) is 11.5 Å². The number of rotatable bonds is 4. The highest BCUT2D eigenvalue weighted by Gasteiger charge is 2.17. The van der Waals surface area contributed by atoms with Gasteiger partial charge in [0.25, 0.3) is 0 Å². The van der Waals surface area contributed by atoms with Gasteiger partial charge in [-0.2, -0.15) is 0 Å². The van der Waals surface area contributed by atoms with E-state index in [9.17, 15) is 14.9 Å². The number of carbonyl (C=O) groups excluding carboxylic acids is 1. The lowest BCUT2D eigenvalue weighted by Gasteiger charge is -2.09. The number of nitrogens with zero attached hydrogens (tertiary/aromatic N) is 1. The summed E-state index contributed by atoms with van der Waals surface area (Å²) in [7, 11) is 0. The van der Waals surface area contributed by atoms with E-state index in [4.69, 9.17) is 4.74 Å². The van der Waals surface area contributed by atoms with Crippen LogP contribution in [0.4, 0.5) is 5.69 Å². The minimum Gasteiger partial charge on any atom is -0.450 e. The molecule has 0 radical (unpaired) electrons. The van der Waals surface area contributed by atoms with Gasteiger partial charge in [0.1, 0.15) is 12.0 Å². The molecule has 0 fully saturated rings. The Morgan fingerprint density at radius 1 is 1.10 bits per heavy atom. The lowest BCUT2D eigenvalue weighted by Crippen LogP contribution is -1.96. The Morgan fingerprint density at radius 3 is 2.40 bits per heavy atom. The van der Waals surface area contributed by atoms with E-state index in [2.05, 4.69) is 0 Å². The molecule has 0 bridgehead atoms. The third-order valence-electron chi connectivity index (χ3n) is 2.87. The van der Waals surface area contributed by atoms with E-state index >= 15 is 0 Å². The van der Waals surface area contributed by atoms with Crippen molar-refractivity contribution in [3.63, 3.8) is 0 Å². The molecule has 0 aliphatic carbocycles. The van der Waals surface area contributed by atoms with E-state index in [1.54, 1.807) is 6.07 Å². The van der Waals surface area contributed by atoms with Crippen LogP contribution in [0.15, 0.2) is 36.4 Å². The molecule has 0 aliphatic heterocycles. The molecule has 0 N–H and O–H groups in total. The Bertz CT molecular complexity index is 680. The summed E-state index contributed by atoms with van der Waals surface area (Å²) in [5.74, 6) is 0.671. The van der Waals surface area contributed by atoms with E-state index < -0.39 is 4.92 Å². The molecule has 5 heteroatoms. The van der Waals surface area contributed by atoms with Crippen LogP contribution in [0, 0.1) is 24.0 Å². The first-order valence-electron chi connectivity index (χ1n) is 6.00. The van der Waals surface area contributed by atoms with Crippen molar-refractivity contribution in [2.24, 2.45) is 0 Å². The number of aryl methyl sites for hydroxylation is 2. The molecule has 0 amide bonds. The van der Waals surface area contributed by atoms with Gasteiger partial charge in [0.15, 0.2) is 0 Å². The summed E-state index contributed by atoms with van der Waals surface area (Å²) in [5, 5.41) is 11.0. The summed E-state index contributed by atoms with van der Waals surface area (Å²) in [5.41, 5.74) is 1.98. The van der Waals surface area contributed by atoms with Crippen LogP contribution < -0.4 is 4.74 Å². The Hall–Kier alpha value is -2.69. The van der Waals surface area contributed by atoms with Crippen molar-refractivity contribution in [2.75, 3.05) is 0 Å². The predicted octanol–water partition coefficient (Wildman–Crippen LogP) is 3.82. The van der Waals surface area contributed by atoms with Gasteiger partial charge in [0, 0.05) is 11.6 Å². The third kappa shape index (κ3) is 2.83. The molecule has 0 saturated carbocycles. The molecule has 0 unspecified atom stereocenters. The van der Waals surface area contributed by atoms with Crippen LogP contribution >= 0.6 is 0 Å². The number of benzene rings is 2. The first-order valence-corrected chi connectivity index (χ1v) is 6.00. The van der Waals surface area contributed by atoms with Crippen LogP contribution in [0.2, 0.25) is 0 Å². The van der Waals surface area contributed by atoms with Crippen molar-refractivity contribution in [1.29, 1.82) is 0 Å². The first kappa shape index (κ1) is 13.7. The number of nitro benzene ring substituents is 1. The van der Waals surface area contributed by atoms with Gasteiger partial charge in [-0.1, -0.05) is 17.7 Å². The maximum atomic E-state index is 11.0. The minimum absolute atomic E-state index is 0.118. The van der Waals surface area contributed by atoms with E-state index in [-0.39, 0.29) is 17.0 Å². The largest absolute Gasteiger partial charge is 0.450 e. The molecule has 2 rings (SSSR count). The summed E-state index contributed by atoms with van der Waals surface area (Å²) in [6.45, 7) is 3.83. The number of aldehydes is 1. The zero-order valence-corrected chi connectivity index (χ0v) is 11.1. The van der Waals surface area contributed by atoms with Gasteiger partial charge in [-0.15, -0.1) is 0 Å². The number of hydrogen-bond acceptors (Lipinski definition) is 4. The molecule has 5 nitrogen and oxygen atoms in total. The van der Waals surface area contributed by atoms with Crippen LogP contribution in [-0.4, -0.2) is 11.2 Å². The van der Waals surface area contributed by atoms with Crippen molar-refractivity contribution < 1.29 is 14.5 Å². The van der Waals surface area contributed by atoms with Gasteiger partial charge in [0.2, 0.25) is 5.75 Å². The summed E-state index contributed by atoms with van der Waals surface area (Å²) >= 11 is 0. The highest BCUT2D eigenvalue weighted by atomic mass is 16.6. The maximum absolute atomic E-state index is 11.0. The normalized spacial score (nSPS) is 10.1. The van der Waals surface area contributed by atoms with Gasteiger partial charge in [0.05, 0.1) is 4.92 Å². The Labute approximate surface area is 116 Å². The van der Waals surface area contributed by atoms with E-state index in [0.29, 0.717) is 12.0 Å². The maximum Gasteiger partial charge on any atom is 0.312 e. The van der Waals surface area contributed by atoms with Crippen molar-refractivity contribution in [1.82, 2.24) is 0 Å². The molecule has 20 heavy (non-hydrogen) atoms. The molecular weight excluding hydrogens is 258 g/mol. The van der Waals surface area contributed by atoms with Crippen LogP contribution in [-0.2, 0) is 0 Å². The molecule has 102 valence electrons. The number of hydrogen-bond donors (Lipinski definition) is 0. The van der Waals surface area contributed by atoms with Crippen LogP contribution in [0.3, 0.4) is 0 Å². The minimum atomic E-state index is -0.564. The molecule has 0 saturated heterocycles. The second kappa shape index (κ2) is 5.52. The fourth-order valence-electron chi connectivity index (χ4n) is 1.87. The molecule has 2 aromatic rings. The van der Waals surface area contributed by atoms with Gasteiger partial charge in [-0.05, 0) is 37.6 Å². The lowest BCUT2D eigenvalue weighted by atomic mass is 10.1. The fourth-order valence-corrected chi connectivity index (χ4v) is 1.87. The first-order chi connectivity index (χ1) is 9.51. The second-order valence-electron chi connectivity index (χ2n) is 4.47. The second-order valence-corrected chi connectivity index (χ2v) is 4.47. The summed E-state index contributed by atoms with van der Waals surface area (Å²) in [4.78, 5) is 21.1. The van der Waals surface area contributed by atoms with Crippen LogP contribution in [0.5, 0.6) is 11.5 Å². The topological polar surface area (TPSA) is 69.4 Å². The Morgan fingerprint density at radius 2 is 1.80 bits per heavy atom. The molecule has 0 atom stereocenters. The average molecular weight is 271 g/mol. The number of carbonyl (C=O) groups is 1. The molecule has 0 aromatic heterocycles. The smallest absolute Gasteiger partial charge is 0.312 e. The van der Waals surface area contributed by atoms with Crippen molar-refractivity contribution in [3.05, 3.63) is 63.2 Å². The van der Waals surface area contributed by atoms with Gasteiger partial charge < -0.3 is 4.74 Å². The van der Waals surface area contributed by atoms with Gasteiger partial charge in [-0.3, -0.25) is 14.9 Å².